The summed E-state index contributed by atoms with van der Waals surface area (Å²) in [4.78, 5) is 30.8. The summed E-state index contributed by atoms with van der Waals surface area (Å²) >= 11 is 0. The molecule has 0 bridgehead atoms. The molecule has 2 amide bonds. The maximum atomic E-state index is 12.6. The first-order valence-corrected chi connectivity index (χ1v) is 9.23. The Labute approximate surface area is 145 Å². The number of rotatable bonds is 6. The van der Waals surface area contributed by atoms with Crippen LogP contribution in [0, 0.1) is 0 Å². The second-order valence-electron chi connectivity index (χ2n) is 6.58. The summed E-state index contributed by atoms with van der Waals surface area (Å²) in [6, 6.07) is 0. The molecule has 138 valence electrons. The number of nitrogens with zero attached hydrogens (tertiary/aromatic N) is 3. The fourth-order valence-corrected chi connectivity index (χ4v) is 3.48. The van der Waals surface area contributed by atoms with Gasteiger partial charge in [0, 0.05) is 45.8 Å². The first-order valence-electron chi connectivity index (χ1n) is 9.23. The van der Waals surface area contributed by atoms with Gasteiger partial charge in [0.2, 0.25) is 5.91 Å². The lowest BCUT2D eigenvalue weighted by atomic mass is 10.2. The van der Waals surface area contributed by atoms with E-state index in [1.807, 2.05) is 23.6 Å². The summed E-state index contributed by atoms with van der Waals surface area (Å²) in [5.74, 6) is 0.257. The number of carbonyl (C=O) groups is 2. The van der Waals surface area contributed by atoms with Gasteiger partial charge in [-0.1, -0.05) is 0 Å². The highest BCUT2D eigenvalue weighted by molar-refractivity contribution is 5.81. The van der Waals surface area contributed by atoms with Crippen molar-refractivity contribution in [3.05, 3.63) is 0 Å². The van der Waals surface area contributed by atoms with Crippen molar-refractivity contribution in [1.82, 2.24) is 14.7 Å². The smallest absolute Gasteiger partial charge is 0.251 e. The summed E-state index contributed by atoms with van der Waals surface area (Å²) in [6.07, 6.45) is 2.22. The highest BCUT2D eigenvalue weighted by Gasteiger charge is 2.33. The van der Waals surface area contributed by atoms with Crippen molar-refractivity contribution in [2.24, 2.45) is 5.73 Å². The minimum atomic E-state index is -0.331. The third kappa shape index (κ3) is 4.91. The first-order chi connectivity index (χ1) is 11.6. The van der Waals surface area contributed by atoms with Crippen LogP contribution in [0.4, 0.5) is 0 Å². The van der Waals surface area contributed by atoms with E-state index in [1.54, 1.807) is 0 Å². The van der Waals surface area contributed by atoms with E-state index in [0.29, 0.717) is 19.6 Å². The average molecular weight is 340 g/mol. The topological polar surface area (TPSA) is 79.1 Å². The first kappa shape index (κ1) is 19.1. The van der Waals surface area contributed by atoms with Crippen LogP contribution in [0.3, 0.4) is 0 Å². The van der Waals surface area contributed by atoms with Crippen molar-refractivity contribution in [1.29, 1.82) is 0 Å². The Kier molecular flexibility index (Phi) is 7.45. The van der Waals surface area contributed by atoms with Crippen molar-refractivity contribution in [2.75, 3.05) is 52.4 Å². The molecule has 0 aliphatic carbocycles. The molecule has 0 unspecified atom stereocenters. The molecule has 7 heteroatoms. The van der Waals surface area contributed by atoms with Crippen molar-refractivity contribution < 1.29 is 14.3 Å². The standard InChI is InChI=1S/C17H32N4O3/c1-3-20(4-2)16(22)13-19-8-5-9-21(11-10-19)17(23)15-7-6-14(12-18)24-15/h14-15H,3-13,18H2,1-2H3/t14-,15+/m1/s1. The molecule has 24 heavy (non-hydrogen) atoms. The number of likely N-dealkylation sites (N-methyl/N-ethyl adjacent to an activating group) is 1. The maximum absolute atomic E-state index is 12.6. The molecule has 2 atom stereocenters. The Balaban J connectivity index is 1.82. The van der Waals surface area contributed by atoms with Crippen LogP contribution < -0.4 is 5.73 Å². The van der Waals surface area contributed by atoms with Gasteiger partial charge >= 0.3 is 0 Å². The molecule has 2 rings (SSSR count). The fraction of sp³-hybridized carbons (Fsp3) is 0.882. The number of amides is 2. The largest absolute Gasteiger partial charge is 0.364 e. The van der Waals surface area contributed by atoms with Crippen molar-refractivity contribution in [3.63, 3.8) is 0 Å². The summed E-state index contributed by atoms with van der Waals surface area (Å²) in [7, 11) is 0. The average Bonchev–Trinajstić information content (AvgIpc) is 2.95. The number of nitrogens with two attached hydrogens (primary N) is 1. The van der Waals surface area contributed by atoms with Gasteiger partial charge in [0.1, 0.15) is 6.10 Å². The van der Waals surface area contributed by atoms with Crippen LogP contribution in [0.25, 0.3) is 0 Å². The third-order valence-corrected chi connectivity index (χ3v) is 5.02. The number of hydrogen-bond donors (Lipinski definition) is 1. The Morgan fingerprint density at radius 3 is 2.50 bits per heavy atom. The molecule has 0 saturated carbocycles. The minimum Gasteiger partial charge on any atom is -0.364 e. The van der Waals surface area contributed by atoms with Crippen molar-refractivity contribution in [3.8, 4) is 0 Å². The van der Waals surface area contributed by atoms with Gasteiger partial charge in [-0.2, -0.15) is 0 Å². The number of hydrogen-bond acceptors (Lipinski definition) is 5. The van der Waals surface area contributed by atoms with E-state index < -0.39 is 0 Å². The van der Waals surface area contributed by atoms with Crippen LogP contribution in [0.1, 0.15) is 33.1 Å². The molecule has 2 aliphatic heterocycles. The van der Waals surface area contributed by atoms with Gasteiger partial charge in [-0.15, -0.1) is 0 Å². The van der Waals surface area contributed by atoms with Crippen LogP contribution in [0.15, 0.2) is 0 Å². The van der Waals surface area contributed by atoms with Crippen molar-refractivity contribution in [2.45, 2.75) is 45.3 Å². The minimum absolute atomic E-state index is 0.0223. The van der Waals surface area contributed by atoms with Gasteiger partial charge < -0.3 is 20.3 Å². The predicted octanol–water partition coefficient (Wildman–Crippen LogP) is -0.105. The molecule has 0 aromatic carbocycles. The lowest BCUT2D eigenvalue weighted by molar-refractivity contribution is -0.142. The predicted molar refractivity (Wildman–Crippen MR) is 92.5 cm³/mol. The monoisotopic (exact) mass is 340 g/mol. The third-order valence-electron chi connectivity index (χ3n) is 5.02. The molecular weight excluding hydrogens is 308 g/mol. The molecule has 2 aliphatic rings. The van der Waals surface area contributed by atoms with Gasteiger partial charge in [0.25, 0.3) is 5.91 Å². The van der Waals surface area contributed by atoms with Crippen molar-refractivity contribution >= 4 is 11.8 Å². The molecular formula is C17H32N4O3. The molecule has 7 nitrogen and oxygen atoms in total. The van der Waals surface area contributed by atoms with Gasteiger partial charge in [0.15, 0.2) is 0 Å². The van der Waals surface area contributed by atoms with Crippen LogP contribution in [0.5, 0.6) is 0 Å². The highest BCUT2D eigenvalue weighted by atomic mass is 16.5. The van der Waals surface area contributed by atoms with Crippen LogP contribution in [-0.4, -0.2) is 91.1 Å². The van der Waals surface area contributed by atoms with Crippen LogP contribution in [0.2, 0.25) is 0 Å². The molecule has 2 heterocycles. The second kappa shape index (κ2) is 9.34. The quantitative estimate of drug-likeness (QED) is 0.730. The van der Waals surface area contributed by atoms with Gasteiger partial charge in [-0.25, -0.2) is 0 Å². The summed E-state index contributed by atoms with van der Waals surface area (Å²) in [5, 5.41) is 0. The molecule has 0 aromatic rings. The van der Waals surface area contributed by atoms with Crippen LogP contribution in [-0.2, 0) is 14.3 Å². The Morgan fingerprint density at radius 2 is 1.88 bits per heavy atom. The molecule has 0 aromatic heterocycles. The lowest BCUT2D eigenvalue weighted by Gasteiger charge is -2.26. The van der Waals surface area contributed by atoms with Gasteiger partial charge in [0.05, 0.1) is 12.6 Å². The SMILES string of the molecule is CCN(CC)C(=O)CN1CCCN(C(=O)[C@@H]2CC[C@H](CN)O2)CC1. The Bertz CT molecular complexity index is 428. The van der Waals surface area contributed by atoms with E-state index in [4.69, 9.17) is 10.5 Å². The van der Waals surface area contributed by atoms with Gasteiger partial charge in [-0.05, 0) is 33.1 Å². The fourth-order valence-electron chi connectivity index (χ4n) is 3.48. The van der Waals surface area contributed by atoms with Crippen LogP contribution >= 0.6 is 0 Å². The van der Waals surface area contributed by atoms with E-state index in [-0.39, 0.29) is 24.0 Å². The number of carbonyl (C=O) groups excluding carboxylic acids is 2. The molecule has 2 saturated heterocycles. The van der Waals surface area contributed by atoms with E-state index >= 15 is 0 Å². The van der Waals surface area contributed by atoms with E-state index in [1.165, 1.54) is 0 Å². The molecule has 0 radical (unpaired) electrons. The normalized spacial score (nSPS) is 25.5. The Morgan fingerprint density at radius 1 is 1.12 bits per heavy atom. The molecule has 0 spiro atoms. The van der Waals surface area contributed by atoms with E-state index in [2.05, 4.69) is 4.90 Å². The van der Waals surface area contributed by atoms with E-state index in [9.17, 15) is 9.59 Å². The zero-order valence-electron chi connectivity index (χ0n) is 15.1. The molecule has 2 N–H and O–H groups in total. The van der Waals surface area contributed by atoms with Gasteiger partial charge in [-0.3, -0.25) is 14.5 Å². The van der Waals surface area contributed by atoms with E-state index in [0.717, 1.165) is 52.0 Å². The lowest BCUT2D eigenvalue weighted by Crippen LogP contribution is -2.43. The summed E-state index contributed by atoms with van der Waals surface area (Å²) in [5.41, 5.74) is 5.62. The maximum Gasteiger partial charge on any atom is 0.251 e. The molecule has 2 fully saturated rings. The summed E-state index contributed by atoms with van der Waals surface area (Å²) < 4.78 is 5.73. The summed E-state index contributed by atoms with van der Waals surface area (Å²) in [6.45, 7) is 9.41. The highest BCUT2D eigenvalue weighted by Crippen LogP contribution is 2.21. The second-order valence-corrected chi connectivity index (χ2v) is 6.58. The zero-order chi connectivity index (χ0) is 17.5. The zero-order valence-corrected chi connectivity index (χ0v) is 15.1. The number of ether oxygens (including phenoxy) is 1. The Hall–Kier alpha value is -1.18.